The maximum absolute atomic E-state index is 12.8. The minimum atomic E-state index is -0.762. The third-order valence-corrected chi connectivity index (χ3v) is 13.5. The van der Waals surface area contributed by atoms with Gasteiger partial charge >= 0.3 is 17.9 Å². The fourth-order valence-corrected chi connectivity index (χ4v) is 9.05. The number of carbonyl (C=O) groups excluding carboxylic acids is 3. The molecule has 0 saturated heterocycles. The Morgan fingerprint density at radius 2 is 0.508 bits per heavy atom. The first-order valence-electron chi connectivity index (χ1n) is 29.2. The van der Waals surface area contributed by atoms with Gasteiger partial charge in [-0.25, -0.2) is 0 Å². The van der Waals surface area contributed by atoms with E-state index >= 15 is 0 Å². The summed E-state index contributed by atoms with van der Waals surface area (Å²) in [6, 6.07) is 0. The smallest absolute Gasteiger partial charge is 0.306 e. The van der Waals surface area contributed by atoms with E-state index in [0.717, 1.165) is 69.6 Å². The van der Waals surface area contributed by atoms with E-state index in [-0.39, 0.29) is 31.1 Å². The van der Waals surface area contributed by atoms with E-state index in [1.165, 1.54) is 218 Å². The largest absolute Gasteiger partial charge is 0.462 e. The highest BCUT2D eigenvalue weighted by atomic mass is 16.6. The molecule has 1 atom stereocenters. The summed E-state index contributed by atoms with van der Waals surface area (Å²) in [7, 11) is 0. The zero-order chi connectivity index (χ0) is 47.5. The van der Waals surface area contributed by atoms with Gasteiger partial charge in [0.1, 0.15) is 13.2 Å². The standard InChI is InChI=1S/C59H114O6/c1-6-7-8-9-10-11-12-13-18-23-26-29-36-41-46-51-59(62)65-56(53-64-58(61)50-45-40-35-31-30-33-38-43-48-55(4)5)52-63-57(60)49-44-39-34-28-25-22-20-17-15-14-16-19-21-24-27-32-37-42-47-54(2)3/h54-56H,6-53H2,1-5H3/t56-/m1/s1. The molecule has 0 aliphatic rings. The molecule has 0 aromatic rings. The van der Waals surface area contributed by atoms with Crippen molar-refractivity contribution in [3.63, 3.8) is 0 Å². The number of carbonyl (C=O) groups is 3. The molecule has 0 aliphatic heterocycles. The zero-order valence-electron chi connectivity index (χ0n) is 44.6. The molecule has 0 amide bonds. The van der Waals surface area contributed by atoms with Crippen molar-refractivity contribution in [2.24, 2.45) is 11.8 Å². The summed E-state index contributed by atoms with van der Waals surface area (Å²) in [5, 5.41) is 0. The highest BCUT2D eigenvalue weighted by molar-refractivity contribution is 5.71. The predicted octanol–water partition coefficient (Wildman–Crippen LogP) is 19.3. The first-order chi connectivity index (χ1) is 31.7. The molecule has 0 aromatic heterocycles. The third-order valence-electron chi connectivity index (χ3n) is 13.5. The van der Waals surface area contributed by atoms with Crippen molar-refractivity contribution >= 4 is 17.9 Å². The lowest BCUT2D eigenvalue weighted by Gasteiger charge is -2.18. The van der Waals surface area contributed by atoms with E-state index in [1.807, 2.05) is 0 Å². The predicted molar refractivity (Wildman–Crippen MR) is 280 cm³/mol. The van der Waals surface area contributed by atoms with Crippen molar-refractivity contribution in [1.82, 2.24) is 0 Å². The normalized spacial score (nSPS) is 12.0. The molecule has 6 heteroatoms. The van der Waals surface area contributed by atoms with Gasteiger partial charge in [-0.3, -0.25) is 14.4 Å². The Hall–Kier alpha value is -1.59. The van der Waals surface area contributed by atoms with Gasteiger partial charge < -0.3 is 14.2 Å². The molecule has 0 rings (SSSR count). The van der Waals surface area contributed by atoms with Gasteiger partial charge in [-0.05, 0) is 31.1 Å². The second kappa shape index (κ2) is 51.8. The number of esters is 3. The van der Waals surface area contributed by atoms with E-state index in [0.29, 0.717) is 19.3 Å². The quantitative estimate of drug-likeness (QED) is 0.0344. The molecule has 0 heterocycles. The number of rotatable bonds is 53. The Bertz CT molecular complexity index is 993. The van der Waals surface area contributed by atoms with Gasteiger partial charge in [0.2, 0.25) is 0 Å². The van der Waals surface area contributed by atoms with Crippen LogP contribution in [0, 0.1) is 11.8 Å². The van der Waals surface area contributed by atoms with Crippen molar-refractivity contribution < 1.29 is 28.6 Å². The number of unbranched alkanes of at least 4 members (excludes halogenated alkanes) is 38. The lowest BCUT2D eigenvalue weighted by atomic mass is 10.0. The number of hydrogen-bond donors (Lipinski definition) is 0. The Morgan fingerprint density at radius 3 is 0.754 bits per heavy atom. The van der Waals surface area contributed by atoms with Crippen molar-refractivity contribution in [1.29, 1.82) is 0 Å². The minimum absolute atomic E-state index is 0.0629. The summed E-state index contributed by atoms with van der Waals surface area (Å²) in [5.74, 6) is 0.815. The molecule has 0 radical (unpaired) electrons. The maximum atomic E-state index is 12.8. The fourth-order valence-electron chi connectivity index (χ4n) is 9.05. The van der Waals surface area contributed by atoms with Crippen molar-refractivity contribution in [2.75, 3.05) is 13.2 Å². The van der Waals surface area contributed by atoms with Gasteiger partial charge in [-0.2, -0.15) is 0 Å². The lowest BCUT2D eigenvalue weighted by Crippen LogP contribution is -2.30. The Kier molecular flexibility index (Phi) is 50.5. The van der Waals surface area contributed by atoms with Crippen molar-refractivity contribution in [2.45, 2.75) is 336 Å². The third kappa shape index (κ3) is 53.2. The summed E-state index contributed by atoms with van der Waals surface area (Å²) >= 11 is 0. The van der Waals surface area contributed by atoms with Crippen LogP contribution in [0.1, 0.15) is 330 Å². The SMILES string of the molecule is CCCCCCCCCCCCCCCCCC(=O)O[C@H](COC(=O)CCCCCCCCCCCCCCCCCCCCC(C)C)COC(=O)CCCCCCCCCCC(C)C. The number of hydrogen-bond acceptors (Lipinski definition) is 6. The summed E-state index contributed by atoms with van der Waals surface area (Å²) < 4.78 is 16.9. The average molecular weight is 920 g/mol. The molecule has 0 aromatic carbocycles. The van der Waals surface area contributed by atoms with E-state index in [9.17, 15) is 14.4 Å². The highest BCUT2D eigenvalue weighted by Gasteiger charge is 2.19. The molecule has 6 nitrogen and oxygen atoms in total. The van der Waals surface area contributed by atoms with Gasteiger partial charge in [0.25, 0.3) is 0 Å². The summed E-state index contributed by atoms with van der Waals surface area (Å²) in [6.07, 6.45) is 55.3. The van der Waals surface area contributed by atoms with Crippen LogP contribution in [0.25, 0.3) is 0 Å². The molecular formula is C59H114O6. The summed E-state index contributed by atoms with van der Waals surface area (Å²) in [5.41, 5.74) is 0. The molecule has 0 fully saturated rings. The minimum Gasteiger partial charge on any atom is -0.462 e. The Morgan fingerprint density at radius 1 is 0.292 bits per heavy atom. The summed E-state index contributed by atoms with van der Waals surface area (Å²) in [4.78, 5) is 38.1. The van der Waals surface area contributed by atoms with Crippen molar-refractivity contribution in [3.8, 4) is 0 Å². The van der Waals surface area contributed by atoms with Gasteiger partial charge in [0, 0.05) is 19.3 Å². The van der Waals surface area contributed by atoms with Crippen LogP contribution in [-0.4, -0.2) is 37.2 Å². The molecular weight excluding hydrogens is 805 g/mol. The van der Waals surface area contributed by atoms with Gasteiger partial charge in [0.05, 0.1) is 0 Å². The van der Waals surface area contributed by atoms with Crippen LogP contribution in [0.4, 0.5) is 0 Å². The van der Waals surface area contributed by atoms with E-state index in [2.05, 4.69) is 34.6 Å². The Balaban J connectivity index is 4.22. The molecule has 0 aliphatic carbocycles. The van der Waals surface area contributed by atoms with Crippen LogP contribution < -0.4 is 0 Å². The Labute approximate surface area is 406 Å². The van der Waals surface area contributed by atoms with Gasteiger partial charge in [-0.1, -0.05) is 291 Å². The summed E-state index contributed by atoms with van der Waals surface area (Å²) in [6.45, 7) is 11.4. The van der Waals surface area contributed by atoms with Crippen LogP contribution in [-0.2, 0) is 28.6 Å². The second-order valence-corrected chi connectivity index (χ2v) is 21.2. The zero-order valence-corrected chi connectivity index (χ0v) is 44.6. The van der Waals surface area contributed by atoms with E-state index in [4.69, 9.17) is 14.2 Å². The van der Waals surface area contributed by atoms with Crippen LogP contribution in [0.3, 0.4) is 0 Å². The van der Waals surface area contributed by atoms with Crippen LogP contribution in [0.15, 0.2) is 0 Å². The molecule has 0 unspecified atom stereocenters. The fraction of sp³-hybridized carbons (Fsp3) is 0.949. The van der Waals surface area contributed by atoms with E-state index in [1.54, 1.807) is 0 Å². The lowest BCUT2D eigenvalue weighted by molar-refractivity contribution is -0.167. The monoisotopic (exact) mass is 919 g/mol. The van der Waals surface area contributed by atoms with Gasteiger partial charge in [0.15, 0.2) is 6.10 Å². The first kappa shape index (κ1) is 63.4. The molecule has 65 heavy (non-hydrogen) atoms. The second-order valence-electron chi connectivity index (χ2n) is 21.2. The molecule has 0 saturated carbocycles. The highest BCUT2D eigenvalue weighted by Crippen LogP contribution is 2.18. The molecule has 386 valence electrons. The first-order valence-corrected chi connectivity index (χ1v) is 29.2. The van der Waals surface area contributed by atoms with Crippen LogP contribution in [0.2, 0.25) is 0 Å². The number of ether oxygens (including phenoxy) is 3. The topological polar surface area (TPSA) is 78.9 Å². The van der Waals surface area contributed by atoms with E-state index < -0.39 is 6.10 Å². The molecule has 0 N–H and O–H groups in total. The molecule has 0 spiro atoms. The van der Waals surface area contributed by atoms with Crippen LogP contribution >= 0.6 is 0 Å². The van der Waals surface area contributed by atoms with Crippen LogP contribution in [0.5, 0.6) is 0 Å². The van der Waals surface area contributed by atoms with Gasteiger partial charge in [-0.15, -0.1) is 0 Å². The van der Waals surface area contributed by atoms with Crippen molar-refractivity contribution in [3.05, 3.63) is 0 Å². The molecule has 0 bridgehead atoms. The maximum Gasteiger partial charge on any atom is 0.306 e. The average Bonchev–Trinajstić information content (AvgIpc) is 3.28.